The largest absolute Gasteiger partial charge is 0.481 e. The van der Waals surface area contributed by atoms with Crippen molar-refractivity contribution in [2.75, 3.05) is 0 Å². The summed E-state index contributed by atoms with van der Waals surface area (Å²) in [5.41, 5.74) is -1.65. The van der Waals surface area contributed by atoms with Gasteiger partial charge in [0.1, 0.15) is 5.69 Å². The average molecular weight is 385 g/mol. The lowest BCUT2D eigenvalue weighted by Crippen LogP contribution is -2.15. The SMILES string of the molecule is O=C(O)Cc1ccc(-c2ccc(Cl)c(Cl)c2Cl)nc1C(F)(F)F. The first-order valence-electron chi connectivity index (χ1n) is 6.04. The Labute approximate surface area is 143 Å². The van der Waals surface area contributed by atoms with Crippen LogP contribution in [0.4, 0.5) is 13.2 Å². The second-order valence-corrected chi connectivity index (χ2v) is 5.66. The normalized spacial score (nSPS) is 11.6. The van der Waals surface area contributed by atoms with Crippen molar-refractivity contribution in [1.82, 2.24) is 4.98 Å². The molecular weight excluding hydrogens is 378 g/mol. The van der Waals surface area contributed by atoms with E-state index in [1.807, 2.05) is 0 Å². The fourth-order valence-corrected chi connectivity index (χ4v) is 2.54. The highest BCUT2D eigenvalue weighted by Gasteiger charge is 2.36. The minimum Gasteiger partial charge on any atom is -0.481 e. The maximum absolute atomic E-state index is 13.1. The van der Waals surface area contributed by atoms with Crippen LogP contribution < -0.4 is 0 Å². The van der Waals surface area contributed by atoms with Gasteiger partial charge in [-0.05, 0) is 23.8 Å². The van der Waals surface area contributed by atoms with Gasteiger partial charge in [0.05, 0.1) is 27.2 Å². The molecule has 9 heteroatoms. The maximum atomic E-state index is 13.1. The topological polar surface area (TPSA) is 50.2 Å². The van der Waals surface area contributed by atoms with Crippen molar-refractivity contribution in [3.63, 3.8) is 0 Å². The molecule has 0 saturated carbocycles. The summed E-state index contributed by atoms with van der Waals surface area (Å²) < 4.78 is 39.3. The minimum absolute atomic E-state index is 0.00388. The molecule has 0 radical (unpaired) electrons. The van der Waals surface area contributed by atoms with Gasteiger partial charge in [-0.15, -0.1) is 0 Å². The summed E-state index contributed by atoms with van der Waals surface area (Å²) in [5, 5.41) is 8.82. The number of hydrogen-bond acceptors (Lipinski definition) is 2. The van der Waals surface area contributed by atoms with Crippen LogP contribution in [0.1, 0.15) is 11.3 Å². The number of nitrogens with zero attached hydrogens (tertiary/aromatic N) is 1. The molecular formula is C14H7Cl3F3NO2. The van der Waals surface area contributed by atoms with Crippen molar-refractivity contribution in [3.8, 4) is 11.3 Å². The monoisotopic (exact) mass is 383 g/mol. The number of benzene rings is 1. The van der Waals surface area contributed by atoms with E-state index in [1.54, 1.807) is 0 Å². The van der Waals surface area contributed by atoms with E-state index in [-0.39, 0.29) is 26.3 Å². The van der Waals surface area contributed by atoms with Gasteiger partial charge in [0.25, 0.3) is 0 Å². The van der Waals surface area contributed by atoms with Crippen LogP contribution in [0.25, 0.3) is 11.3 Å². The van der Waals surface area contributed by atoms with Crippen LogP contribution in [0.2, 0.25) is 15.1 Å². The number of carbonyl (C=O) groups is 1. The molecule has 23 heavy (non-hydrogen) atoms. The number of halogens is 6. The smallest absolute Gasteiger partial charge is 0.433 e. The number of carboxylic acids is 1. The van der Waals surface area contributed by atoms with Crippen LogP contribution in [-0.4, -0.2) is 16.1 Å². The van der Waals surface area contributed by atoms with Crippen molar-refractivity contribution in [1.29, 1.82) is 0 Å². The van der Waals surface area contributed by atoms with E-state index < -0.39 is 29.8 Å². The Balaban J connectivity index is 2.62. The molecule has 0 unspecified atom stereocenters. The zero-order chi connectivity index (χ0) is 17.4. The fourth-order valence-electron chi connectivity index (χ4n) is 1.91. The van der Waals surface area contributed by atoms with Gasteiger partial charge >= 0.3 is 12.1 Å². The van der Waals surface area contributed by atoms with E-state index in [2.05, 4.69) is 4.98 Å². The Bertz CT molecular complexity index is 779. The molecule has 0 aliphatic rings. The molecule has 1 N–H and O–H groups in total. The van der Waals surface area contributed by atoms with E-state index in [1.165, 1.54) is 18.2 Å². The van der Waals surface area contributed by atoms with Crippen molar-refractivity contribution in [2.24, 2.45) is 0 Å². The first-order chi connectivity index (χ1) is 10.6. The van der Waals surface area contributed by atoms with Crippen LogP contribution >= 0.6 is 34.8 Å². The number of alkyl halides is 3. The molecule has 1 aromatic carbocycles. The summed E-state index contributed by atoms with van der Waals surface area (Å²) in [4.78, 5) is 14.2. The van der Waals surface area contributed by atoms with Gasteiger partial charge in [0, 0.05) is 5.56 Å². The molecule has 0 bridgehead atoms. The van der Waals surface area contributed by atoms with Gasteiger partial charge in [-0.2, -0.15) is 13.2 Å². The number of carboxylic acid groups (broad SMARTS) is 1. The summed E-state index contributed by atoms with van der Waals surface area (Å²) in [7, 11) is 0. The van der Waals surface area contributed by atoms with Gasteiger partial charge in [0.15, 0.2) is 0 Å². The van der Waals surface area contributed by atoms with Crippen molar-refractivity contribution >= 4 is 40.8 Å². The molecule has 0 atom stereocenters. The summed E-state index contributed by atoms with van der Waals surface area (Å²) in [6.07, 6.45) is -5.60. The number of aromatic nitrogens is 1. The van der Waals surface area contributed by atoms with Crippen molar-refractivity contribution in [2.45, 2.75) is 12.6 Å². The van der Waals surface area contributed by atoms with E-state index in [4.69, 9.17) is 39.9 Å². The van der Waals surface area contributed by atoms with Gasteiger partial charge in [0.2, 0.25) is 0 Å². The first-order valence-corrected chi connectivity index (χ1v) is 7.17. The lowest BCUT2D eigenvalue weighted by Gasteiger charge is -2.13. The fraction of sp³-hybridized carbons (Fsp3) is 0.143. The van der Waals surface area contributed by atoms with E-state index >= 15 is 0 Å². The standard InChI is InChI=1S/C14H7Cl3F3NO2/c15-8-3-2-7(11(16)12(8)17)9-4-1-6(5-10(22)23)13(21-9)14(18,19)20/h1-4H,5H2,(H,22,23). The highest BCUT2D eigenvalue weighted by Crippen LogP contribution is 2.39. The third-order valence-corrected chi connectivity index (χ3v) is 4.19. The second-order valence-electron chi connectivity index (χ2n) is 4.50. The van der Waals surface area contributed by atoms with Crippen molar-refractivity contribution < 1.29 is 23.1 Å². The third kappa shape index (κ3) is 3.88. The maximum Gasteiger partial charge on any atom is 0.433 e. The van der Waals surface area contributed by atoms with Crippen LogP contribution in [0.5, 0.6) is 0 Å². The molecule has 3 nitrogen and oxygen atoms in total. The Kier molecular flexibility index (Phi) is 5.08. The molecule has 0 saturated heterocycles. The molecule has 0 aliphatic carbocycles. The Morgan fingerprint density at radius 1 is 1.09 bits per heavy atom. The number of hydrogen-bond donors (Lipinski definition) is 1. The third-order valence-electron chi connectivity index (χ3n) is 2.90. The molecule has 1 heterocycles. The Morgan fingerprint density at radius 3 is 2.30 bits per heavy atom. The molecule has 0 spiro atoms. The number of pyridine rings is 1. The summed E-state index contributed by atoms with van der Waals surface area (Å²) in [6.45, 7) is 0. The Hall–Kier alpha value is -1.50. The zero-order valence-corrected chi connectivity index (χ0v) is 13.4. The summed E-state index contributed by atoms with van der Waals surface area (Å²) in [5.74, 6) is -1.39. The van der Waals surface area contributed by atoms with Crippen LogP contribution in [-0.2, 0) is 17.4 Å². The second kappa shape index (κ2) is 6.55. The molecule has 0 amide bonds. The Morgan fingerprint density at radius 2 is 1.74 bits per heavy atom. The lowest BCUT2D eigenvalue weighted by molar-refractivity contribution is -0.142. The van der Waals surface area contributed by atoms with E-state index in [0.717, 1.165) is 6.07 Å². The van der Waals surface area contributed by atoms with E-state index in [0.29, 0.717) is 0 Å². The van der Waals surface area contributed by atoms with Gasteiger partial charge in [-0.25, -0.2) is 4.98 Å². The molecule has 0 aliphatic heterocycles. The molecule has 122 valence electrons. The molecule has 1 aromatic heterocycles. The molecule has 2 rings (SSSR count). The highest BCUT2D eigenvalue weighted by molar-refractivity contribution is 6.49. The summed E-state index contributed by atoms with van der Waals surface area (Å²) in [6, 6.07) is 5.07. The average Bonchev–Trinajstić information content (AvgIpc) is 2.44. The van der Waals surface area contributed by atoms with Crippen LogP contribution in [0.15, 0.2) is 24.3 Å². The molecule has 0 fully saturated rings. The quantitative estimate of drug-likeness (QED) is 0.725. The summed E-state index contributed by atoms with van der Waals surface area (Å²) >= 11 is 17.6. The van der Waals surface area contributed by atoms with Gasteiger partial charge in [-0.3, -0.25) is 4.79 Å². The first kappa shape index (κ1) is 17.8. The number of rotatable bonds is 3. The van der Waals surface area contributed by atoms with Crippen LogP contribution in [0.3, 0.4) is 0 Å². The van der Waals surface area contributed by atoms with Crippen molar-refractivity contribution in [3.05, 3.63) is 50.6 Å². The van der Waals surface area contributed by atoms with Gasteiger partial charge in [-0.1, -0.05) is 40.9 Å². The van der Waals surface area contributed by atoms with E-state index in [9.17, 15) is 18.0 Å². The van der Waals surface area contributed by atoms with Crippen LogP contribution in [0, 0.1) is 0 Å². The minimum atomic E-state index is -4.80. The predicted octanol–water partition coefficient (Wildman–Crippen LogP) is 5.35. The lowest BCUT2D eigenvalue weighted by atomic mass is 10.1. The molecule has 2 aromatic rings. The predicted molar refractivity (Wildman–Crippen MR) is 81.0 cm³/mol. The highest BCUT2D eigenvalue weighted by atomic mass is 35.5. The van der Waals surface area contributed by atoms with Gasteiger partial charge < -0.3 is 5.11 Å². The zero-order valence-electron chi connectivity index (χ0n) is 11.1. The number of aliphatic carboxylic acids is 1.